The van der Waals surface area contributed by atoms with Crippen molar-refractivity contribution in [3.8, 4) is 0 Å². The predicted molar refractivity (Wildman–Crippen MR) is 114 cm³/mol. The second-order valence-corrected chi connectivity index (χ2v) is 8.81. The summed E-state index contributed by atoms with van der Waals surface area (Å²) >= 11 is 1.36. The molecule has 160 valence electrons. The molecular weight excluding hydrogens is 405 g/mol. The number of ketones is 1. The van der Waals surface area contributed by atoms with Crippen LogP contribution in [0.3, 0.4) is 0 Å². The van der Waals surface area contributed by atoms with E-state index in [1.165, 1.54) is 37.6 Å². The molecule has 2 heterocycles. The minimum Gasteiger partial charge on any atom is -0.366 e. The van der Waals surface area contributed by atoms with Crippen molar-refractivity contribution >= 4 is 29.1 Å². The second-order valence-electron chi connectivity index (χ2n) is 7.86. The van der Waals surface area contributed by atoms with Crippen molar-refractivity contribution in [2.75, 3.05) is 36.8 Å². The molecule has 7 nitrogen and oxygen atoms in total. The molecule has 0 bridgehead atoms. The average molecular weight is 432 g/mol. The number of carbonyl (C=O) groups excluding carboxylic acids is 2. The predicted octanol–water partition coefficient (Wildman–Crippen LogP) is 3.24. The molecule has 4 rings (SSSR count). The van der Waals surface area contributed by atoms with Crippen molar-refractivity contribution in [3.63, 3.8) is 0 Å². The molecule has 0 radical (unpaired) electrons. The third-order valence-electron chi connectivity index (χ3n) is 5.88. The number of rotatable bonds is 6. The fraction of sp³-hybridized carbons (Fsp3) is 0.524. The van der Waals surface area contributed by atoms with Gasteiger partial charge in [0.15, 0.2) is 5.78 Å². The van der Waals surface area contributed by atoms with Crippen molar-refractivity contribution in [2.45, 2.75) is 43.7 Å². The Morgan fingerprint density at radius 2 is 1.93 bits per heavy atom. The maximum Gasteiger partial charge on any atom is 0.233 e. The fourth-order valence-electron chi connectivity index (χ4n) is 4.10. The van der Waals surface area contributed by atoms with Gasteiger partial charge in [-0.2, -0.15) is 0 Å². The zero-order valence-corrected chi connectivity index (χ0v) is 17.9. The normalized spacial score (nSPS) is 17.5. The smallest absolute Gasteiger partial charge is 0.233 e. The Labute approximate surface area is 179 Å². The number of amides is 1. The molecule has 1 N–H and O–H groups in total. The van der Waals surface area contributed by atoms with Crippen LogP contribution in [0.1, 0.15) is 54.7 Å². The van der Waals surface area contributed by atoms with Gasteiger partial charge in [0.25, 0.3) is 0 Å². The minimum absolute atomic E-state index is 0.0410. The summed E-state index contributed by atoms with van der Waals surface area (Å²) in [5.41, 5.74) is 0.840. The molecule has 0 spiro atoms. The van der Waals surface area contributed by atoms with E-state index < -0.39 is 5.82 Å². The first-order valence-electron chi connectivity index (χ1n) is 10.4. The number of hydrogen-bond donors (Lipinski definition) is 1. The van der Waals surface area contributed by atoms with Crippen LogP contribution in [-0.4, -0.2) is 63.7 Å². The summed E-state index contributed by atoms with van der Waals surface area (Å²) in [5, 5.41) is 7.88. The Morgan fingerprint density at radius 3 is 2.60 bits per heavy atom. The number of thioether (sulfide) groups is 1. The lowest BCUT2D eigenvalue weighted by atomic mass is 10.1. The topological polar surface area (TPSA) is 82.2 Å². The van der Waals surface area contributed by atoms with E-state index in [9.17, 15) is 14.0 Å². The summed E-state index contributed by atoms with van der Waals surface area (Å²) in [7, 11) is 0. The van der Waals surface area contributed by atoms with Crippen LogP contribution < -0.4 is 4.90 Å². The van der Waals surface area contributed by atoms with Crippen LogP contribution in [0.25, 0.3) is 0 Å². The largest absolute Gasteiger partial charge is 0.366 e. The van der Waals surface area contributed by atoms with Crippen molar-refractivity contribution in [1.29, 1.82) is 0 Å². The van der Waals surface area contributed by atoms with Gasteiger partial charge >= 0.3 is 0 Å². The summed E-state index contributed by atoms with van der Waals surface area (Å²) in [6.07, 6.45) is 4.79. The summed E-state index contributed by atoms with van der Waals surface area (Å²) < 4.78 is 14.4. The summed E-state index contributed by atoms with van der Waals surface area (Å²) in [4.78, 5) is 32.2. The third-order valence-corrected chi connectivity index (χ3v) is 6.71. The first-order chi connectivity index (χ1) is 14.5. The van der Waals surface area contributed by atoms with E-state index in [4.69, 9.17) is 0 Å². The number of nitrogens with one attached hydrogen (secondary N) is 1. The zero-order valence-electron chi connectivity index (χ0n) is 17.1. The molecule has 1 saturated carbocycles. The number of nitrogens with zero attached hydrogens (tertiary/aromatic N) is 4. The van der Waals surface area contributed by atoms with Gasteiger partial charge in [0.1, 0.15) is 11.6 Å². The highest BCUT2D eigenvalue weighted by Crippen LogP contribution is 2.32. The van der Waals surface area contributed by atoms with Gasteiger partial charge in [0, 0.05) is 37.7 Å². The highest BCUT2D eigenvalue weighted by molar-refractivity contribution is 7.99. The molecular formula is C21H26FN5O2S. The molecule has 1 aliphatic carbocycles. The number of benzene rings is 1. The van der Waals surface area contributed by atoms with Gasteiger partial charge in [-0.05, 0) is 38.0 Å². The van der Waals surface area contributed by atoms with E-state index in [2.05, 4.69) is 15.2 Å². The van der Waals surface area contributed by atoms with Crippen LogP contribution in [0.15, 0.2) is 23.4 Å². The first-order valence-corrected chi connectivity index (χ1v) is 11.4. The highest BCUT2D eigenvalue weighted by atomic mass is 32.2. The number of halogens is 1. The van der Waals surface area contributed by atoms with Crippen LogP contribution in [0, 0.1) is 5.82 Å². The molecule has 9 heteroatoms. The molecule has 2 aromatic rings. The van der Waals surface area contributed by atoms with E-state index in [-0.39, 0.29) is 11.7 Å². The number of anilines is 1. The van der Waals surface area contributed by atoms with E-state index in [1.807, 2.05) is 4.90 Å². The Morgan fingerprint density at radius 1 is 1.20 bits per heavy atom. The van der Waals surface area contributed by atoms with Gasteiger partial charge in [0.2, 0.25) is 11.1 Å². The number of hydrogen-bond acceptors (Lipinski definition) is 6. The van der Waals surface area contributed by atoms with Crippen LogP contribution in [0.5, 0.6) is 0 Å². The fourth-order valence-corrected chi connectivity index (χ4v) is 4.81. The number of carbonyl (C=O) groups is 2. The van der Waals surface area contributed by atoms with Crippen LogP contribution in [0.4, 0.5) is 10.1 Å². The molecule has 1 aromatic heterocycles. The number of H-pyrrole nitrogens is 1. The summed E-state index contributed by atoms with van der Waals surface area (Å²) in [6.45, 7) is 3.60. The van der Waals surface area contributed by atoms with Gasteiger partial charge < -0.3 is 9.80 Å². The number of piperazine rings is 1. The molecule has 0 unspecified atom stereocenters. The number of aromatic nitrogens is 3. The number of Topliss-reactive ketones (excluding diaryl/α,β-unsaturated/α-hetero) is 1. The zero-order chi connectivity index (χ0) is 21.1. The van der Waals surface area contributed by atoms with E-state index >= 15 is 0 Å². The summed E-state index contributed by atoms with van der Waals surface area (Å²) in [5.74, 6) is 1.19. The van der Waals surface area contributed by atoms with Crippen LogP contribution >= 0.6 is 11.8 Å². The average Bonchev–Trinajstić information content (AvgIpc) is 3.44. The molecule has 2 fully saturated rings. The Bertz CT molecular complexity index is 920. The molecule has 1 saturated heterocycles. The van der Waals surface area contributed by atoms with Gasteiger partial charge in [0.05, 0.1) is 11.4 Å². The third kappa shape index (κ3) is 4.66. The lowest BCUT2D eigenvalue weighted by Gasteiger charge is -2.36. The molecule has 1 aliphatic heterocycles. The molecule has 2 aliphatic rings. The van der Waals surface area contributed by atoms with E-state index in [0.717, 1.165) is 18.7 Å². The maximum atomic E-state index is 14.4. The molecule has 30 heavy (non-hydrogen) atoms. The van der Waals surface area contributed by atoms with Crippen molar-refractivity contribution in [2.24, 2.45) is 0 Å². The Kier molecular flexibility index (Phi) is 6.36. The Hall–Kier alpha value is -2.42. The standard InChI is InChI=1S/C21H26FN5O2S/c1-14(28)16-6-7-18(17(22)12-16)26-8-10-27(11-9-26)19(29)13-30-21-23-20(24-25-21)15-4-2-3-5-15/h6-7,12,15H,2-5,8-11,13H2,1H3,(H,23,24,25). The second kappa shape index (κ2) is 9.16. The lowest BCUT2D eigenvalue weighted by Crippen LogP contribution is -2.49. The monoisotopic (exact) mass is 431 g/mol. The van der Waals surface area contributed by atoms with Gasteiger partial charge in [-0.15, -0.1) is 5.10 Å². The van der Waals surface area contributed by atoms with Gasteiger partial charge in [-0.25, -0.2) is 9.37 Å². The minimum atomic E-state index is -0.402. The van der Waals surface area contributed by atoms with Gasteiger partial charge in [-0.1, -0.05) is 24.6 Å². The Balaban J connectivity index is 1.27. The molecule has 1 amide bonds. The highest BCUT2D eigenvalue weighted by Gasteiger charge is 2.24. The van der Waals surface area contributed by atoms with Crippen molar-refractivity contribution in [3.05, 3.63) is 35.4 Å². The van der Waals surface area contributed by atoms with Crippen LogP contribution in [0.2, 0.25) is 0 Å². The van der Waals surface area contributed by atoms with E-state index in [1.54, 1.807) is 17.0 Å². The van der Waals surface area contributed by atoms with Crippen molar-refractivity contribution in [1.82, 2.24) is 20.1 Å². The summed E-state index contributed by atoms with van der Waals surface area (Å²) in [6, 6.07) is 4.57. The quantitative estimate of drug-likeness (QED) is 0.559. The first kappa shape index (κ1) is 20.8. The lowest BCUT2D eigenvalue weighted by molar-refractivity contribution is -0.128. The van der Waals surface area contributed by atoms with Gasteiger partial charge in [-0.3, -0.25) is 14.7 Å². The molecule has 0 atom stereocenters. The number of aromatic amines is 1. The maximum absolute atomic E-state index is 14.4. The molecule has 1 aromatic carbocycles. The van der Waals surface area contributed by atoms with Crippen molar-refractivity contribution < 1.29 is 14.0 Å². The van der Waals surface area contributed by atoms with Crippen LogP contribution in [-0.2, 0) is 4.79 Å². The van der Waals surface area contributed by atoms with E-state index in [0.29, 0.717) is 54.3 Å². The SMILES string of the molecule is CC(=O)c1ccc(N2CCN(C(=O)CSc3n[nH]c(C4CCCC4)n3)CC2)c(F)c1.